The number of allylic oxidation sites excluding steroid dienone is 3. The number of nitrogens with zero attached hydrogens (tertiary/aromatic N) is 1. The first-order valence-corrected chi connectivity index (χ1v) is 6.10. The molecule has 1 heteroatoms. The summed E-state index contributed by atoms with van der Waals surface area (Å²) < 4.78 is 0. The Kier molecular flexibility index (Phi) is 2.74. The van der Waals surface area contributed by atoms with Gasteiger partial charge in [-0.2, -0.15) is 0 Å². The largest absolute Gasteiger partial charge is 0.280 e. The predicted octanol–water partition coefficient (Wildman–Crippen LogP) is 3.80. The average Bonchev–Trinajstić information content (AvgIpc) is 2.90. The molecule has 0 amide bonds. The molecule has 0 N–H and O–H groups in total. The number of benzene rings is 1. The summed E-state index contributed by atoms with van der Waals surface area (Å²) in [6, 6.07) is 10.7. The maximum atomic E-state index is 4.58. The Labute approximate surface area is 102 Å². The number of rotatable bonds is 2. The molecule has 1 aromatic rings. The van der Waals surface area contributed by atoms with Crippen molar-refractivity contribution in [2.24, 2.45) is 4.99 Å². The van der Waals surface area contributed by atoms with Gasteiger partial charge in [-0.1, -0.05) is 48.6 Å². The Morgan fingerprint density at radius 3 is 2.71 bits per heavy atom. The third kappa shape index (κ3) is 2.14. The summed E-state index contributed by atoms with van der Waals surface area (Å²) in [4.78, 5) is 4.58. The smallest absolute Gasteiger partial charge is 0.0936 e. The lowest BCUT2D eigenvalue weighted by Crippen LogP contribution is -2.01. The zero-order valence-corrected chi connectivity index (χ0v) is 9.71. The molecule has 1 unspecified atom stereocenters. The van der Waals surface area contributed by atoms with Gasteiger partial charge in [0.2, 0.25) is 0 Å². The molecule has 0 aromatic heterocycles. The Hall–Kier alpha value is -1.89. The van der Waals surface area contributed by atoms with E-state index in [0.717, 1.165) is 12.8 Å². The van der Waals surface area contributed by atoms with Crippen molar-refractivity contribution in [2.75, 3.05) is 0 Å². The second-order valence-electron chi connectivity index (χ2n) is 4.39. The number of hydrogen-bond acceptors (Lipinski definition) is 1. The first kappa shape index (κ1) is 10.3. The van der Waals surface area contributed by atoms with Gasteiger partial charge in [0, 0.05) is 6.21 Å². The maximum absolute atomic E-state index is 4.58. The Morgan fingerprint density at radius 2 is 1.94 bits per heavy atom. The minimum Gasteiger partial charge on any atom is -0.280 e. The van der Waals surface area contributed by atoms with Crippen LogP contribution < -0.4 is 0 Å². The van der Waals surface area contributed by atoms with E-state index >= 15 is 0 Å². The molecule has 1 aliphatic carbocycles. The average molecular weight is 221 g/mol. The van der Waals surface area contributed by atoms with E-state index in [4.69, 9.17) is 0 Å². The molecule has 17 heavy (non-hydrogen) atoms. The summed E-state index contributed by atoms with van der Waals surface area (Å²) in [5.41, 5.74) is 3.81. The second-order valence-corrected chi connectivity index (χ2v) is 4.39. The summed E-state index contributed by atoms with van der Waals surface area (Å²) >= 11 is 0. The molecule has 0 bridgehead atoms. The first-order valence-electron chi connectivity index (χ1n) is 6.10. The van der Waals surface area contributed by atoms with Crippen molar-refractivity contribution in [3.63, 3.8) is 0 Å². The highest BCUT2D eigenvalue weighted by atomic mass is 14.8. The maximum Gasteiger partial charge on any atom is 0.0936 e. The molecule has 3 rings (SSSR count). The Balaban J connectivity index is 1.85. The van der Waals surface area contributed by atoms with Crippen LogP contribution in [0.2, 0.25) is 0 Å². The van der Waals surface area contributed by atoms with Crippen LogP contribution in [-0.4, -0.2) is 12.3 Å². The van der Waals surface area contributed by atoms with Gasteiger partial charge in [0.1, 0.15) is 0 Å². The van der Waals surface area contributed by atoms with Gasteiger partial charge >= 0.3 is 0 Å². The molecule has 2 aliphatic rings. The van der Waals surface area contributed by atoms with Crippen molar-refractivity contribution >= 4 is 11.8 Å². The van der Waals surface area contributed by atoms with Gasteiger partial charge in [0.05, 0.1) is 6.04 Å². The zero-order valence-electron chi connectivity index (χ0n) is 9.71. The van der Waals surface area contributed by atoms with Crippen LogP contribution in [0, 0.1) is 0 Å². The van der Waals surface area contributed by atoms with E-state index in [1.807, 2.05) is 12.3 Å². The molecule has 0 saturated carbocycles. The van der Waals surface area contributed by atoms with Gasteiger partial charge in [0.15, 0.2) is 0 Å². The minimum absolute atomic E-state index is 0.224. The molecule has 0 fully saturated rings. The van der Waals surface area contributed by atoms with Crippen LogP contribution in [0.4, 0.5) is 0 Å². The van der Waals surface area contributed by atoms with Gasteiger partial charge in [-0.3, -0.25) is 4.99 Å². The summed E-state index contributed by atoms with van der Waals surface area (Å²) in [5.74, 6) is 0. The molecule has 1 nitrogen and oxygen atoms in total. The third-order valence-corrected chi connectivity index (χ3v) is 3.18. The quantitative estimate of drug-likeness (QED) is 0.720. The van der Waals surface area contributed by atoms with Crippen molar-refractivity contribution in [1.29, 1.82) is 0 Å². The van der Waals surface area contributed by atoms with E-state index in [9.17, 15) is 0 Å². The fraction of sp³-hybridized carbons (Fsp3) is 0.188. The van der Waals surface area contributed by atoms with E-state index in [-0.39, 0.29) is 6.04 Å². The highest BCUT2D eigenvalue weighted by Crippen LogP contribution is 2.25. The van der Waals surface area contributed by atoms with Crippen molar-refractivity contribution in [2.45, 2.75) is 18.9 Å². The molecule has 0 radical (unpaired) electrons. The van der Waals surface area contributed by atoms with Crippen molar-refractivity contribution < 1.29 is 0 Å². The van der Waals surface area contributed by atoms with Gasteiger partial charge in [0.25, 0.3) is 0 Å². The number of aliphatic imine (C=N–C) groups is 1. The molecular weight excluding hydrogens is 206 g/mol. The van der Waals surface area contributed by atoms with E-state index in [1.54, 1.807) is 0 Å². The molecule has 84 valence electrons. The van der Waals surface area contributed by atoms with Crippen LogP contribution in [0.15, 0.2) is 65.2 Å². The highest BCUT2D eigenvalue weighted by Gasteiger charge is 2.15. The fourth-order valence-corrected chi connectivity index (χ4v) is 2.25. The highest BCUT2D eigenvalue weighted by molar-refractivity contribution is 6.12. The van der Waals surface area contributed by atoms with Crippen LogP contribution in [0.3, 0.4) is 0 Å². The van der Waals surface area contributed by atoms with Crippen LogP contribution in [0.25, 0.3) is 5.57 Å². The molecule has 1 aromatic carbocycles. The van der Waals surface area contributed by atoms with Gasteiger partial charge < -0.3 is 0 Å². The van der Waals surface area contributed by atoms with Crippen molar-refractivity contribution in [1.82, 2.24) is 0 Å². The van der Waals surface area contributed by atoms with E-state index < -0.39 is 0 Å². The van der Waals surface area contributed by atoms with Crippen LogP contribution >= 0.6 is 0 Å². The monoisotopic (exact) mass is 221 g/mol. The predicted molar refractivity (Wildman–Crippen MR) is 73.2 cm³/mol. The molecular formula is C16H15N. The summed E-state index contributed by atoms with van der Waals surface area (Å²) in [6.45, 7) is 0. The SMILES string of the molecule is C1=CC(C2C=C(c3ccccc3)C=N2)=CCC1. The summed E-state index contributed by atoms with van der Waals surface area (Å²) in [6.07, 6.45) is 13.3. The zero-order chi connectivity index (χ0) is 11.5. The van der Waals surface area contributed by atoms with E-state index in [1.165, 1.54) is 16.7 Å². The van der Waals surface area contributed by atoms with Gasteiger partial charge in [-0.05, 0) is 35.6 Å². The van der Waals surface area contributed by atoms with E-state index in [2.05, 4.69) is 53.6 Å². The van der Waals surface area contributed by atoms with Crippen molar-refractivity contribution in [3.05, 3.63) is 65.8 Å². The molecule has 0 spiro atoms. The standard InChI is InChI=1S/C16H15N/c1-3-7-13(8-4-1)15-11-16(17-12-15)14-9-5-2-6-10-14/h1,3-5,7-12,16H,2,6H2. The topological polar surface area (TPSA) is 12.4 Å². The lowest BCUT2D eigenvalue weighted by molar-refractivity contribution is 0.937. The van der Waals surface area contributed by atoms with Crippen LogP contribution in [-0.2, 0) is 0 Å². The van der Waals surface area contributed by atoms with Crippen molar-refractivity contribution in [3.8, 4) is 0 Å². The minimum atomic E-state index is 0.224. The fourth-order valence-electron chi connectivity index (χ4n) is 2.25. The van der Waals surface area contributed by atoms with Gasteiger partial charge in [-0.25, -0.2) is 0 Å². The lowest BCUT2D eigenvalue weighted by atomic mass is 9.99. The van der Waals surface area contributed by atoms with Crippen LogP contribution in [0.1, 0.15) is 18.4 Å². The first-order chi connectivity index (χ1) is 8.43. The van der Waals surface area contributed by atoms with Gasteiger partial charge in [-0.15, -0.1) is 0 Å². The molecule has 1 aliphatic heterocycles. The molecule has 0 saturated heterocycles. The number of hydrogen-bond donors (Lipinski definition) is 0. The second kappa shape index (κ2) is 4.54. The Bertz CT molecular complexity index is 518. The Morgan fingerprint density at radius 1 is 1.06 bits per heavy atom. The molecule has 1 atom stereocenters. The molecule has 1 heterocycles. The third-order valence-electron chi connectivity index (χ3n) is 3.18. The van der Waals surface area contributed by atoms with Crippen LogP contribution in [0.5, 0.6) is 0 Å². The summed E-state index contributed by atoms with van der Waals surface area (Å²) in [5, 5.41) is 0. The normalized spacial score (nSPS) is 22.5. The van der Waals surface area contributed by atoms with E-state index in [0.29, 0.717) is 0 Å². The summed E-state index contributed by atoms with van der Waals surface area (Å²) in [7, 11) is 0. The lowest BCUT2D eigenvalue weighted by Gasteiger charge is -2.09.